The third-order valence-electron chi connectivity index (χ3n) is 4.92. The van der Waals surface area contributed by atoms with Crippen LogP contribution >= 0.6 is 11.6 Å². The second-order valence-electron chi connectivity index (χ2n) is 7.03. The largest absolute Gasteiger partial charge is 0.319 e. The molecular formula is C25H17ClN4O. The number of para-hydroxylation sites is 1. The van der Waals surface area contributed by atoms with Crippen LogP contribution in [0.3, 0.4) is 0 Å². The molecule has 0 aliphatic heterocycles. The Balaban J connectivity index is 1.52. The molecule has 4 aromatic carbocycles. The molecule has 1 amide bonds. The zero-order chi connectivity index (χ0) is 21.2. The Labute approximate surface area is 183 Å². The molecule has 1 aromatic heterocycles. The summed E-state index contributed by atoms with van der Waals surface area (Å²) in [6, 6.07) is 30.6. The summed E-state index contributed by atoms with van der Waals surface area (Å²) in [4.78, 5) is 17.5. The van der Waals surface area contributed by atoms with Gasteiger partial charge < -0.3 is 5.32 Å². The highest BCUT2D eigenvalue weighted by Crippen LogP contribution is 2.24. The van der Waals surface area contributed by atoms with Gasteiger partial charge in [-0.25, -0.2) is 9.67 Å². The highest BCUT2D eigenvalue weighted by Gasteiger charge is 2.19. The van der Waals surface area contributed by atoms with Crippen molar-refractivity contribution in [2.24, 2.45) is 0 Å². The normalized spacial score (nSPS) is 10.9. The molecule has 150 valence electrons. The monoisotopic (exact) mass is 424 g/mol. The van der Waals surface area contributed by atoms with Crippen molar-refractivity contribution in [3.63, 3.8) is 0 Å². The van der Waals surface area contributed by atoms with E-state index in [1.807, 2.05) is 84.9 Å². The summed E-state index contributed by atoms with van der Waals surface area (Å²) < 4.78 is 1.67. The standard InChI is InChI=1S/C25H17ClN4O/c26-20-13-10-18(11-14-20)24-28-23(29-30(24)22-8-2-1-3-9-22)25(31)27-21-15-12-17-6-4-5-7-19(17)16-21/h1-16H,(H,27,31). The first-order valence-corrected chi connectivity index (χ1v) is 10.1. The minimum atomic E-state index is -0.375. The molecule has 5 nitrogen and oxygen atoms in total. The van der Waals surface area contributed by atoms with E-state index in [0.717, 1.165) is 22.0 Å². The number of aromatic nitrogens is 3. The number of nitrogens with zero attached hydrogens (tertiary/aromatic N) is 3. The number of carbonyl (C=O) groups excluding carboxylic acids is 1. The zero-order valence-electron chi connectivity index (χ0n) is 16.4. The lowest BCUT2D eigenvalue weighted by Crippen LogP contribution is -2.14. The smallest absolute Gasteiger partial charge is 0.295 e. The van der Waals surface area contributed by atoms with Gasteiger partial charge in [-0.05, 0) is 59.3 Å². The molecule has 0 spiro atoms. The fourth-order valence-corrected chi connectivity index (χ4v) is 3.52. The molecule has 0 saturated carbocycles. The number of carbonyl (C=O) groups is 1. The predicted octanol–water partition coefficient (Wildman–Crippen LogP) is 5.99. The van der Waals surface area contributed by atoms with Crippen LogP contribution in [0, 0.1) is 0 Å². The van der Waals surface area contributed by atoms with Gasteiger partial charge in [0, 0.05) is 16.3 Å². The number of rotatable bonds is 4. The van der Waals surface area contributed by atoms with E-state index in [1.165, 1.54) is 0 Å². The van der Waals surface area contributed by atoms with Crippen LogP contribution in [0.4, 0.5) is 5.69 Å². The van der Waals surface area contributed by atoms with Crippen molar-refractivity contribution in [3.8, 4) is 17.1 Å². The molecule has 0 radical (unpaired) electrons. The molecule has 0 unspecified atom stereocenters. The van der Waals surface area contributed by atoms with Gasteiger partial charge in [-0.3, -0.25) is 4.79 Å². The van der Waals surface area contributed by atoms with Crippen LogP contribution in [-0.4, -0.2) is 20.7 Å². The molecule has 1 heterocycles. The predicted molar refractivity (Wildman–Crippen MR) is 124 cm³/mol. The van der Waals surface area contributed by atoms with Crippen molar-refractivity contribution >= 4 is 34.0 Å². The van der Waals surface area contributed by atoms with Gasteiger partial charge in [-0.2, -0.15) is 0 Å². The van der Waals surface area contributed by atoms with Crippen molar-refractivity contribution < 1.29 is 4.79 Å². The summed E-state index contributed by atoms with van der Waals surface area (Å²) in [5.74, 6) is 0.272. The molecule has 1 N–H and O–H groups in total. The summed E-state index contributed by atoms with van der Waals surface area (Å²) in [5, 5.41) is 10.2. The van der Waals surface area contributed by atoms with Gasteiger partial charge >= 0.3 is 0 Å². The van der Waals surface area contributed by atoms with E-state index in [-0.39, 0.29) is 11.7 Å². The Morgan fingerprint density at radius 1 is 0.806 bits per heavy atom. The topological polar surface area (TPSA) is 59.8 Å². The zero-order valence-corrected chi connectivity index (χ0v) is 17.1. The van der Waals surface area contributed by atoms with Crippen molar-refractivity contribution in [3.05, 3.63) is 108 Å². The number of halogens is 1. The van der Waals surface area contributed by atoms with Crippen LogP contribution in [0.1, 0.15) is 10.6 Å². The van der Waals surface area contributed by atoms with E-state index in [4.69, 9.17) is 11.6 Å². The summed E-state index contributed by atoms with van der Waals surface area (Å²) in [5.41, 5.74) is 2.31. The molecule has 31 heavy (non-hydrogen) atoms. The average Bonchev–Trinajstić information content (AvgIpc) is 3.26. The molecule has 0 atom stereocenters. The van der Waals surface area contributed by atoms with Gasteiger partial charge in [0.25, 0.3) is 5.91 Å². The van der Waals surface area contributed by atoms with Crippen molar-refractivity contribution in [1.82, 2.24) is 14.8 Å². The lowest BCUT2D eigenvalue weighted by molar-refractivity contribution is 0.101. The second-order valence-corrected chi connectivity index (χ2v) is 7.47. The first kappa shape index (κ1) is 19.0. The molecular weight excluding hydrogens is 408 g/mol. The van der Waals surface area contributed by atoms with Crippen LogP contribution in [0.25, 0.3) is 27.8 Å². The van der Waals surface area contributed by atoms with E-state index in [2.05, 4.69) is 15.4 Å². The molecule has 0 fully saturated rings. The number of nitrogens with one attached hydrogen (secondary N) is 1. The number of anilines is 1. The van der Waals surface area contributed by atoms with Crippen molar-refractivity contribution in [1.29, 1.82) is 0 Å². The number of hydrogen-bond donors (Lipinski definition) is 1. The van der Waals surface area contributed by atoms with E-state index in [0.29, 0.717) is 16.5 Å². The van der Waals surface area contributed by atoms with Gasteiger partial charge in [0.2, 0.25) is 5.82 Å². The van der Waals surface area contributed by atoms with Crippen molar-refractivity contribution in [2.75, 3.05) is 5.32 Å². The minimum Gasteiger partial charge on any atom is -0.319 e. The highest BCUT2D eigenvalue weighted by atomic mass is 35.5. The molecule has 6 heteroatoms. The fraction of sp³-hybridized carbons (Fsp3) is 0. The Bertz CT molecular complexity index is 1380. The summed E-state index contributed by atoms with van der Waals surface area (Å²) >= 11 is 6.04. The maximum absolute atomic E-state index is 13.0. The maximum Gasteiger partial charge on any atom is 0.295 e. The van der Waals surface area contributed by atoms with Crippen LogP contribution in [0.5, 0.6) is 0 Å². The summed E-state index contributed by atoms with van der Waals surface area (Å²) in [6.45, 7) is 0. The highest BCUT2D eigenvalue weighted by molar-refractivity contribution is 6.30. The van der Waals surface area contributed by atoms with Crippen LogP contribution in [0.2, 0.25) is 5.02 Å². The molecule has 0 aliphatic carbocycles. The fourth-order valence-electron chi connectivity index (χ4n) is 3.40. The SMILES string of the molecule is O=C(Nc1ccc2ccccc2c1)c1nc(-c2ccc(Cl)cc2)n(-c2ccccc2)n1. The van der Waals surface area contributed by atoms with E-state index in [1.54, 1.807) is 16.8 Å². The van der Waals surface area contributed by atoms with Gasteiger partial charge in [0.05, 0.1) is 5.69 Å². The number of fused-ring (bicyclic) bond motifs is 1. The van der Waals surface area contributed by atoms with Crippen LogP contribution in [0.15, 0.2) is 97.1 Å². The Hall–Kier alpha value is -3.96. The molecule has 0 aliphatic rings. The second kappa shape index (κ2) is 8.05. The van der Waals surface area contributed by atoms with Crippen LogP contribution < -0.4 is 5.32 Å². The molecule has 0 bridgehead atoms. The van der Waals surface area contributed by atoms with Gasteiger partial charge in [-0.15, -0.1) is 5.10 Å². The van der Waals surface area contributed by atoms with E-state index >= 15 is 0 Å². The minimum absolute atomic E-state index is 0.0851. The number of amides is 1. The lowest BCUT2D eigenvalue weighted by atomic mass is 10.1. The summed E-state index contributed by atoms with van der Waals surface area (Å²) in [6.07, 6.45) is 0. The number of benzene rings is 4. The third kappa shape index (κ3) is 3.91. The quantitative estimate of drug-likeness (QED) is 0.385. The first-order chi connectivity index (χ1) is 15.2. The first-order valence-electron chi connectivity index (χ1n) is 9.76. The Morgan fingerprint density at radius 2 is 1.52 bits per heavy atom. The summed E-state index contributed by atoms with van der Waals surface area (Å²) in [7, 11) is 0. The maximum atomic E-state index is 13.0. The van der Waals surface area contributed by atoms with Gasteiger partial charge in [-0.1, -0.05) is 60.1 Å². The average molecular weight is 425 g/mol. The van der Waals surface area contributed by atoms with Gasteiger partial charge in [0.1, 0.15) is 0 Å². The Kier molecular flexibility index (Phi) is 4.94. The van der Waals surface area contributed by atoms with E-state index in [9.17, 15) is 4.79 Å². The molecule has 0 saturated heterocycles. The molecule has 5 rings (SSSR count). The molecule has 5 aromatic rings. The Morgan fingerprint density at radius 3 is 2.29 bits per heavy atom. The number of hydrogen-bond acceptors (Lipinski definition) is 3. The third-order valence-corrected chi connectivity index (χ3v) is 5.17. The van der Waals surface area contributed by atoms with Crippen molar-refractivity contribution in [2.45, 2.75) is 0 Å². The lowest BCUT2D eigenvalue weighted by Gasteiger charge is -2.05. The van der Waals surface area contributed by atoms with Gasteiger partial charge in [0.15, 0.2) is 5.82 Å². The van der Waals surface area contributed by atoms with Crippen LogP contribution in [-0.2, 0) is 0 Å². The van der Waals surface area contributed by atoms with E-state index < -0.39 is 0 Å².